The first-order valence-corrected chi connectivity index (χ1v) is 9.40. The van der Waals surface area contributed by atoms with Gasteiger partial charge in [-0.2, -0.15) is 4.31 Å². The lowest BCUT2D eigenvalue weighted by molar-refractivity contribution is 0.385. The van der Waals surface area contributed by atoms with Crippen molar-refractivity contribution >= 4 is 27.0 Å². The number of anilines is 1. The quantitative estimate of drug-likeness (QED) is 0.847. The van der Waals surface area contributed by atoms with Crippen LogP contribution in [-0.2, 0) is 10.0 Å². The Morgan fingerprint density at radius 1 is 1.00 bits per heavy atom. The van der Waals surface area contributed by atoms with Crippen molar-refractivity contribution in [1.29, 1.82) is 0 Å². The van der Waals surface area contributed by atoms with Gasteiger partial charge in [0.25, 0.3) is 10.0 Å². The highest BCUT2D eigenvalue weighted by Gasteiger charge is 2.29. The molecule has 0 bridgehead atoms. The van der Waals surface area contributed by atoms with Crippen LogP contribution in [0.25, 0.3) is 0 Å². The minimum absolute atomic E-state index is 0.318. The van der Waals surface area contributed by atoms with Gasteiger partial charge in [-0.3, -0.25) is 0 Å². The van der Waals surface area contributed by atoms with Gasteiger partial charge in [0, 0.05) is 42.8 Å². The number of hydrogen-bond acceptors (Lipinski definition) is 4. The Bertz CT molecular complexity index is 813. The highest BCUT2D eigenvalue weighted by molar-refractivity contribution is 7.91. The zero-order valence-corrected chi connectivity index (χ0v) is 14.1. The van der Waals surface area contributed by atoms with Gasteiger partial charge in [0.1, 0.15) is 4.21 Å². The molecule has 2 heterocycles. The largest absolute Gasteiger partial charge is 0.369 e. The lowest BCUT2D eigenvalue weighted by Crippen LogP contribution is -2.48. The molecule has 8 heteroatoms. The summed E-state index contributed by atoms with van der Waals surface area (Å²) in [6.45, 7) is 3.38. The van der Waals surface area contributed by atoms with Gasteiger partial charge in [0.15, 0.2) is 11.6 Å². The summed E-state index contributed by atoms with van der Waals surface area (Å²) < 4.78 is 53.2. The number of nitrogens with zero attached hydrogens (tertiary/aromatic N) is 2. The molecule has 4 nitrogen and oxygen atoms in total. The second-order valence-corrected chi connectivity index (χ2v) is 8.81. The summed E-state index contributed by atoms with van der Waals surface area (Å²) in [6.07, 6.45) is 0. The molecule has 0 atom stereocenters. The van der Waals surface area contributed by atoms with Gasteiger partial charge in [-0.1, -0.05) is 0 Å². The lowest BCUT2D eigenvalue weighted by Gasteiger charge is -2.35. The van der Waals surface area contributed by atoms with E-state index >= 15 is 0 Å². The molecule has 2 aromatic rings. The first-order chi connectivity index (χ1) is 10.9. The van der Waals surface area contributed by atoms with Crippen LogP contribution in [0.1, 0.15) is 4.88 Å². The summed E-state index contributed by atoms with van der Waals surface area (Å²) in [5.74, 6) is -1.78. The van der Waals surface area contributed by atoms with Crippen molar-refractivity contribution in [2.24, 2.45) is 0 Å². The Labute approximate surface area is 138 Å². The monoisotopic (exact) mass is 358 g/mol. The minimum Gasteiger partial charge on any atom is -0.369 e. The fourth-order valence-corrected chi connectivity index (χ4v) is 5.41. The fraction of sp³-hybridized carbons (Fsp3) is 0.333. The van der Waals surface area contributed by atoms with Crippen LogP contribution >= 0.6 is 11.3 Å². The number of sulfonamides is 1. The van der Waals surface area contributed by atoms with Crippen LogP contribution in [0.2, 0.25) is 0 Å². The number of benzene rings is 1. The van der Waals surface area contributed by atoms with E-state index in [-0.39, 0.29) is 0 Å². The van der Waals surface area contributed by atoms with Crippen molar-refractivity contribution in [3.05, 3.63) is 46.8 Å². The molecular formula is C15H16F2N2O2S2. The van der Waals surface area contributed by atoms with Gasteiger partial charge < -0.3 is 4.90 Å². The predicted molar refractivity (Wildman–Crippen MR) is 86.4 cm³/mol. The predicted octanol–water partition coefficient (Wildman–Crippen LogP) is 2.85. The second kappa shape index (κ2) is 6.18. The van der Waals surface area contributed by atoms with Crippen molar-refractivity contribution in [3.63, 3.8) is 0 Å². The van der Waals surface area contributed by atoms with Gasteiger partial charge in [-0.25, -0.2) is 17.2 Å². The lowest BCUT2D eigenvalue weighted by atomic mass is 10.2. The van der Waals surface area contributed by atoms with Crippen LogP contribution in [0.15, 0.2) is 34.5 Å². The molecule has 1 aliphatic heterocycles. The molecule has 1 aliphatic rings. The summed E-state index contributed by atoms with van der Waals surface area (Å²) in [7, 11) is -3.47. The number of hydrogen-bond donors (Lipinski definition) is 0. The summed E-state index contributed by atoms with van der Waals surface area (Å²) in [5, 5.41) is 0. The molecule has 0 spiro atoms. The van der Waals surface area contributed by atoms with Crippen LogP contribution in [0, 0.1) is 18.6 Å². The van der Waals surface area contributed by atoms with Crippen LogP contribution in [0.4, 0.5) is 14.5 Å². The van der Waals surface area contributed by atoms with Gasteiger partial charge in [0.2, 0.25) is 0 Å². The number of piperazine rings is 1. The highest BCUT2D eigenvalue weighted by atomic mass is 32.2. The minimum atomic E-state index is -3.47. The van der Waals surface area contributed by atoms with E-state index in [1.807, 2.05) is 11.8 Å². The van der Waals surface area contributed by atoms with Crippen molar-refractivity contribution < 1.29 is 17.2 Å². The maximum absolute atomic E-state index is 13.3. The Morgan fingerprint density at radius 2 is 1.70 bits per heavy atom. The Balaban J connectivity index is 1.72. The van der Waals surface area contributed by atoms with Crippen molar-refractivity contribution in [1.82, 2.24) is 4.31 Å². The molecule has 1 aromatic carbocycles. The molecule has 0 aliphatic carbocycles. The average Bonchev–Trinajstić information content (AvgIpc) is 2.97. The Hall–Kier alpha value is -1.51. The summed E-state index contributed by atoms with van der Waals surface area (Å²) in [6, 6.07) is 7.14. The third-order valence-electron chi connectivity index (χ3n) is 3.82. The first kappa shape index (κ1) is 16.4. The molecule has 0 unspecified atom stereocenters. The van der Waals surface area contributed by atoms with E-state index in [1.54, 1.807) is 12.1 Å². The van der Waals surface area contributed by atoms with E-state index < -0.39 is 21.7 Å². The van der Waals surface area contributed by atoms with Crippen molar-refractivity contribution in [3.8, 4) is 0 Å². The molecular weight excluding hydrogens is 342 g/mol. The van der Waals surface area contributed by atoms with Gasteiger partial charge in [0.05, 0.1) is 0 Å². The zero-order chi connectivity index (χ0) is 16.6. The smallest absolute Gasteiger partial charge is 0.252 e. The van der Waals surface area contributed by atoms with E-state index in [9.17, 15) is 17.2 Å². The second-order valence-electron chi connectivity index (χ2n) is 5.35. The third-order valence-corrected chi connectivity index (χ3v) is 7.18. The van der Waals surface area contributed by atoms with Gasteiger partial charge in [-0.05, 0) is 31.2 Å². The Kier molecular flexibility index (Phi) is 4.39. The molecule has 1 aromatic heterocycles. The van der Waals surface area contributed by atoms with Gasteiger partial charge >= 0.3 is 0 Å². The molecule has 124 valence electrons. The number of halogens is 2. The van der Waals surface area contributed by atoms with E-state index in [0.29, 0.717) is 36.1 Å². The summed E-state index contributed by atoms with van der Waals surface area (Å²) in [5.41, 5.74) is 0.563. The van der Waals surface area contributed by atoms with Crippen LogP contribution < -0.4 is 4.90 Å². The van der Waals surface area contributed by atoms with Crippen molar-refractivity contribution in [2.45, 2.75) is 11.1 Å². The topological polar surface area (TPSA) is 40.6 Å². The van der Waals surface area contributed by atoms with Crippen LogP contribution in [0.5, 0.6) is 0 Å². The maximum atomic E-state index is 13.3. The van der Waals surface area contributed by atoms with E-state index in [0.717, 1.165) is 17.0 Å². The normalized spacial score (nSPS) is 16.7. The summed E-state index contributed by atoms with van der Waals surface area (Å²) >= 11 is 1.25. The average molecular weight is 358 g/mol. The first-order valence-electron chi connectivity index (χ1n) is 7.14. The molecule has 1 fully saturated rings. The molecule has 0 N–H and O–H groups in total. The zero-order valence-electron chi connectivity index (χ0n) is 12.5. The molecule has 0 radical (unpaired) electrons. The number of aryl methyl sites for hydroxylation is 1. The van der Waals surface area contributed by atoms with Gasteiger partial charge in [-0.15, -0.1) is 11.3 Å². The molecule has 3 rings (SSSR count). The van der Waals surface area contributed by atoms with E-state index in [2.05, 4.69) is 0 Å². The summed E-state index contributed by atoms with van der Waals surface area (Å²) in [4.78, 5) is 2.80. The number of rotatable bonds is 3. The molecule has 0 amide bonds. The maximum Gasteiger partial charge on any atom is 0.252 e. The van der Waals surface area contributed by atoms with Crippen molar-refractivity contribution in [2.75, 3.05) is 31.1 Å². The molecule has 23 heavy (non-hydrogen) atoms. The Morgan fingerprint density at radius 3 is 2.26 bits per heavy atom. The standard InChI is InChI=1S/C15H16F2N2O2S2/c1-11-2-5-15(22-11)23(20,21)19-8-6-18(7-9-19)12-3-4-13(16)14(17)10-12/h2-5,10H,6-9H2,1H3. The fourth-order valence-electron chi connectivity index (χ4n) is 2.55. The highest BCUT2D eigenvalue weighted by Crippen LogP contribution is 2.26. The number of thiophene rings is 1. The van der Waals surface area contributed by atoms with E-state index in [1.165, 1.54) is 21.7 Å². The molecule has 0 saturated carbocycles. The van der Waals surface area contributed by atoms with Crippen LogP contribution in [-0.4, -0.2) is 38.9 Å². The van der Waals surface area contributed by atoms with Crippen LogP contribution in [0.3, 0.4) is 0 Å². The van der Waals surface area contributed by atoms with E-state index in [4.69, 9.17) is 0 Å². The third kappa shape index (κ3) is 3.24. The molecule has 1 saturated heterocycles. The SMILES string of the molecule is Cc1ccc(S(=O)(=O)N2CCN(c3ccc(F)c(F)c3)CC2)s1.